The molecule has 1 aromatic heterocycles. The van der Waals surface area contributed by atoms with Gasteiger partial charge in [0.05, 0.1) is 18.6 Å². The lowest BCUT2D eigenvalue weighted by atomic mass is 10.1. The van der Waals surface area contributed by atoms with Crippen LogP contribution in [0.5, 0.6) is 11.9 Å². The summed E-state index contributed by atoms with van der Waals surface area (Å²) in [6, 6.07) is 7.78. The molecule has 0 bridgehead atoms. The lowest BCUT2D eigenvalue weighted by molar-refractivity contribution is -0.385. The monoisotopic (exact) mass is 358 g/mol. The first-order valence-corrected chi connectivity index (χ1v) is 8.15. The van der Waals surface area contributed by atoms with Gasteiger partial charge in [-0.1, -0.05) is 12.1 Å². The molecule has 2 aromatic rings. The second-order valence-electron chi connectivity index (χ2n) is 5.79. The molecule has 1 aliphatic rings. The third kappa shape index (κ3) is 3.88. The third-order valence-corrected chi connectivity index (χ3v) is 4.07. The number of amides is 1. The average molecular weight is 358 g/mol. The van der Waals surface area contributed by atoms with Gasteiger partial charge in [0, 0.05) is 24.9 Å². The van der Waals surface area contributed by atoms with Crippen LogP contribution in [0.3, 0.4) is 0 Å². The number of likely N-dealkylation sites (tertiary alicyclic amines) is 1. The molecule has 1 unspecified atom stereocenters. The number of hydrogen-bond acceptors (Lipinski definition) is 7. The number of hydrogen-bond donors (Lipinski definition) is 0. The molecule has 9 nitrogen and oxygen atoms in total. The molecular formula is C17H18N4O5. The van der Waals surface area contributed by atoms with Gasteiger partial charge < -0.3 is 14.4 Å². The van der Waals surface area contributed by atoms with Crippen molar-refractivity contribution in [1.82, 2.24) is 14.9 Å². The van der Waals surface area contributed by atoms with E-state index in [0.29, 0.717) is 19.0 Å². The van der Waals surface area contributed by atoms with Crippen LogP contribution in [0.25, 0.3) is 0 Å². The summed E-state index contributed by atoms with van der Waals surface area (Å²) in [5, 5.41) is 11.2. The van der Waals surface area contributed by atoms with Crippen LogP contribution in [0.15, 0.2) is 36.5 Å². The Labute approximate surface area is 149 Å². The van der Waals surface area contributed by atoms with Crippen LogP contribution < -0.4 is 9.47 Å². The minimum absolute atomic E-state index is 0.0851. The molecule has 1 saturated heterocycles. The predicted octanol–water partition coefficient (Wildman–Crippen LogP) is 2.08. The van der Waals surface area contributed by atoms with E-state index >= 15 is 0 Å². The normalized spacial score (nSPS) is 16.8. The molecule has 0 saturated carbocycles. The quantitative estimate of drug-likeness (QED) is 0.595. The highest BCUT2D eigenvalue weighted by atomic mass is 16.6. The molecule has 2 heterocycles. The fourth-order valence-electron chi connectivity index (χ4n) is 2.86. The Balaban J connectivity index is 1.72. The molecular weight excluding hydrogens is 340 g/mol. The number of methoxy groups -OCH3 is 1. The van der Waals surface area contributed by atoms with E-state index in [1.165, 1.54) is 25.4 Å². The van der Waals surface area contributed by atoms with Gasteiger partial charge in [-0.2, -0.15) is 4.98 Å². The number of ether oxygens (including phenoxy) is 2. The smallest absolute Gasteiger partial charge is 0.319 e. The summed E-state index contributed by atoms with van der Waals surface area (Å²) in [4.78, 5) is 33.0. The Morgan fingerprint density at radius 2 is 2.15 bits per heavy atom. The van der Waals surface area contributed by atoms with Gasteiger partial charge in [-0.05, 0) is 18.9 Å². The van der Waals surface area contributed by atoms with Gasteiger partial charge in [0.1, 0.15) is 11.7 Å². The number of carbonyl (C=O) groups is 1. The van der Waals surface area contributed by atoms with Crippen molar-refractivity contribution in [2.75, 3.05) is 20.2 Å². The van der Waals surface area contributed by atoms with Gasteiger partial charge >= 0.3 is 6.01 Å². The Morgan fingerprint density at radius 3 is 2.92 bits per heavy atom. The molecule has 26 heavy (non-hydrogen) atoms. The van der Waals surface area contributed by atoms with Crippen molar-refractivity contribution in [3.8, 4) is 11.9 Å². The number of rotatable bonds is 5. The topological polar surface area (TPSA) is 108 Å². The number of benzene rings is 1. The van der Waals surface area contributed by atoms with Crippen LogP contribution in [0.2, 0.25) is 0 Å². The molecule has 1 amide bonds. The zero-order valence-electron chi connectivity index (χ0n) is 14.2. The predicted molar refractivity (Wildman–Crippen MR) is 91.2 cm³/mol. The first-order valence-electron chi connectivity index (χ1n) is 8.15. The SMILES string of the molecule is COc1nccc(OC2CCCN(C(=O)c3ccccc3[N+](=O)[O-])C2)n1. The van der Waals surface area contributed by atoms with Crippen LogP contribution in [-0.2, 0) is 0 Å². The second kappa shape index (κ2) is 7.77. The molecule has 0 N–H and O–H groups in total. The first-order chi connectivity index (χ1) is 12.6. The van der Waals surface area contributed by atoms with Crippen LogP contribution in [0.1, 0.15) is 23.2 Å². The third-order valence-electron chi connectivity index (χ3n) is 4.07. The summed E-state index contributed by atoms with van der Waals surface area (Å²) in [5.74, 6) is -0.00675. The van der Waals surface area contributed by atoms with Gasteiger partial charge in [-0.25, -0.2) is 4.98 Å². The van der Waals surface area contributed by atoms with E-state index in [4.69, 9.17) is 9.47 Å². The van der Waals surface area contributed by atoms with Gasteiger partial charge in [0.25, 0.3) is 11.6 Å². The van der Waals surface area contributed by atoms with Gasteiger partial charge in [0.2, 0.25) is 5.88 Å². The van der Waals surface area contributed by atoms with Crippen LogP contribution in [0, 0.1) is 10.1 Å². The number of para-hydroxylation sites is 1. The molecule has 0 aliphatic carbocycles. The van der Waals surface area contributed by atoms with Gasteiger partial charge in [0.15, 0.2) is 0 Å². The molecule has 9 heteroatoms. The Kier molecular flexibility index (Phi) is 5.26. The molecule has 1 aliphatic heterocycles. The number of nitrogens with zero attached hydrogens (tertiary/aromatic N) is 4. The van der Waals surface area contributed by atoms with Gasteiger partial charge in [-0.3, -0.25) is 14.9 Å². The molecule has 0 spiro atoms. The molecule has 1 atom stereocenters. The summed E-state index contributed by atoms with van der Waals surface area (Å²) in [6.07, 6.45) is 2.77. The summed E-state index contributed by atoms with van der Waals surface area (Å²) in [7, 11) is 1.47. The van der Waals surface area contributed by atoms with E-state index in [9.17, 15) is 14.9 Å². The van der Waals surface area contributed by atoms with Crippen LogP contribution in [0.4, 0.5) is 5.69 Å². The fraction of sp³-hybridized carbons (Fsp3) is 0.353. The zero-order valence-corrected chi connectivity index (χ0v) is 14.2. The standard InChI is InChI=1S/C17H18N4O5/c1-25-17-18-9-8-15(19-17)26-12-5-4-10-20(11-12)16(22)13-6-2-3-7-14(13)21(23)24/h2-3,6-9,12H,4-5,10-11H2,1H3. The van der Waals surface area contributed by atoms with Crippen molar-refractivity contribution in [2.45, 2.75) is 18.9 Å². The molecule has 1 fully saturated rings. The van der Waals surface area contributed by atoms with Crippen LogP contribution >= 0.6 is 0 Å². The highest BCUT2D eigenvalue weighted by Gasteiger charge is 2.29. The van der Waals surface area contributed by atoms with E-state index in [1.807, 2.05) is 0 Å². The van der Waals surface area contributed by atoms with E-state index in [0.717, 1.165) is 12.8 Å². The number of carbonyl (C=O) groups excluding carboxylic acids is 1. The van der Waals surface area contributed by atoms with Gasteiger partial charge in [-0.15, -0.1) is 0 Å². The Bertz CT molecular complexity index is 813. The van der Waals surface area contributed by atoms with E-state index < -0.39 is 4.92 Å². The number of piperidine rings is 1. The molecule has 0 radical (unpaired) electrons. The Morgan fingerprint density at radius 1 is 1.35 bits per heavy atom. The number of nitro groups is 1. The van der Waals surface area contributed by atoms with Crippen molar-refractivity contribution >= 4 is 11.6 Å². The number of nitro benzene ring substituents is 1. The maximum atomic E-state index is 12.7. The lowest BCUT2D eigenvalue weighted by Crippen LogP contribution is -2.44. The second-order valence-corrected chi connectivity index (χ2v) is 5.79. The zero-order chi connectivity index (χ0) is 18.5. The van der Waals surface area contributed by atoms with E-state index in [1.54, 1.807) is 23.1 Å². The van der Waals surface area contributed by atoms with Crippen molar-refractivity contribution in [3.63, 3.8) is 0 Å². The average Bonchev–Trinajstić information content (AvgIpc) is 2.67. The molecule has 3 rings (SSSR count). The highest BCUT2D eigenvalue weighted by Crippen LogP contribution is 2.23. The molecule has 136 valence electrons. The van der Waals surface area contributed by atoms with E-state index in [2.05, 4.69) is 9.97 Å². The maximum absolute atomic E-state index is 12.7. The minimum atomic E-state index is -0.543. The van der Waals surface area contributed by atoms with Crippen molar-refractivity contribution in [2.24, 2.45) is 0 Å². The highest BCUT2D eigenvalue weighted by molar-refractivity contribution is 5.98. The van der Waals surface area contributed by atoms with Crippen molar-refractivity contribution < 1.29 is 19.2 Å². The maximum Gasteiger partial charge on any atom is 0.319 e. The summed E-state index contributed by atoms with van der Waals surface area (Å²) >= 11 is 0. The summed E-state index contributed by atoms with van der Waals surface area (Å²) in [5.41, 5.74) is -0.108. The summed E-state index contributed by atoms with van der Waals surface area (Å²) in [6.45, 7) is 0.856. The number of aromatic nitrogens is 2. The molecule has 1 aromatic carbocycles. The lowest BCUT2D eigenvalue weighted by Gasteiger charge is -2.32. The first kappa shape index (κ1) is 17.6. The Hall–Kier alpha value is -3.23. The van der Waals surface area contributed by atoms with Crippen LogP contribution in [-0.4, -0.2) is 52.0 Å². The van der Waals surface area contributed by atoms with E-state index in [-0.39, 0.29) is 29.3 Å². The minimum Gasteiger partial charge on any atom is -0.472 e. The summed E-state index contributed by atoms with van der Waals surface area (Å²) < 4.78 is 10.8. The largest absolute Gasteiger partial charge is 0.472 e. The van der Waals surface area contributed by atoms with Crippen molar-refractivity contribution in [1.29, 1.82) is 0 Å². The fourth-order valence-corrected chi connectivity index (χ4v) is 2.86. The van der Waals surface area contributed by atoms with Crippen molar-refractivity contribution in [3.05, 3.63) is 52.2 Å².